The van der Waals surface area contributed by atoms with Crippen LogP contribution in [0.15, 0.2) is 273 Å². The topological polar surface area (TPSA) is 11.4 Å². The van der Waals surface area contributed by atoms with E-state index in [2.05, 4.69) is 287 Å². The van der Waals surface area contributed by atoms with Gasteiger partial charge in [0.1, 0.15) is 0 Å². The molecular weight excluding hydrogens is 847 g/mol. The quantitative estimate of drug-likeness (QED) is 0.151. The molecule has 0 radical (unpaired) electrons. The minimum absolute atomic E-state index is 0.555. The molecule has 70 heavy (non-hydrogen) atoms. The Balaban J connectivity index is 0.991. The van der Waals surface area contributed by atoms with Gasteiger partial charge in [-0.1, -0.05) is 194 Å². The number of benzene rings is 11. The zero-order chi connectivity index (χ0) is 46.2. The van der Waals surface area contributed by atoms with Gasteiger partial charge < -0.3 is 14.4 Å². The Kier molecular flexibility index (Phi) is 9.11. The molecule has 0 N–H and O–H groups in total. The second-order valence-electron chi connectivity index (χ2n) is 18.4. The maximum Gasteiger partial charge on any atom is 0.0726 e. The third kappa shape index (κ3) is 5.88. The van der Waals surface area contributed by atoms with Crippen LogP contribution in [-0.2, 0) is 5.41 Å². The van der Waals surface area contributed by atoms with Crippen LogP contribution < -0.4 is 9.80 Å². The zero-order valence-corrected chi connectivity index (χ0v) is 38.3. The lowest BCUT2D eigenvalue weighted by Gasteiger charge is -2.32. The molecule has 1 unspecified atom stereocenters. The minimum atomic E-state index is -0.555. The molecule has 0 bridgehead atoms. The van der Waals surface area contributed by atoms with Gasteiger partial charge in [0, 0.05) is 50.3 Å². The first-order chi connectivity index (χ1) is 34.8. The summed E-state index contributed by atoms with van der Waals surface area (Å²) in [5, 5.41) is 2.47. The molecule has 14 rings (SSSR count). The predicted octanol–water partition coefficient (Wildman–Crippen LogP) is 17.7. The maximum atomic E-state index is 2.48. The number of aromatic nitrogens is 1. The van der Waals surface area contributed by atoms with Crippen LogP contribution in [0.2, 0.25) is 0 Å². The Labute approximate surface area is 408 Å². The van der Waals surface area contributed by atoms with Crippen molar-refractivity contribution in [1.82, 2.24) is 4.57 Å². The first-order valence-electron chi connectivity index (χ1n) is 24.2. The highest BCUT2D eigenvalue weighted by atomic mass is 15.2. The standard InChI is InChI=1S/C67H45N3/c1-5-22-46(23-6-1)52-30-15-19-37-62(52)69(48-26-9-3-10-27-48)64-39-21-36-61-66(64)56-33-14-18-35-59(56)67(61)58-34-17-13-31-53(58)57-44-50(41-43-60(57)67)68(47-24-7-2-8-25-47)51-40-42-55-54-32-16-20-38-63(54)70(65(55)45-51)49-28-11-4-12-29-49/h1-45H. The summed E-state index contributed by atoms with van der Waals surface area (Å²) in [4.78, 5) is 4.91. The summed E-state index contributed by atoms with van der Waals surface area (Å²) in [5.74, 6) is 0. The van der Waals surface area contributed by atoms with Gasteiger partial charge in [-0.15, -0.1) is 0 Å². The van der Waals surface area contributed by atoms with E-state index in [0.717, 1.165) is 39.8 Å². The van der Waals surface area contributed by atoms with Crippen molar-refractivity contribution in [3.63, 3.8) is 0 Å². The Morgan fingerprint density at radius 2 is 0.800 bits per heavy atom. The summed E-state index contributed by atoms with van der Waals surface area (Å²) in [6.07, 6.45) is 0. The first kappa shape index (κ1) is 39.9. The lowest BCUT2D eigenvalue weighted by Crippen LogP contribution is -2.26. The van der Waals surface area contributed by atoms with Crippen molar-refractivity contribution in [2.24, 2.45) is 0 Å². The van der Waals surface area contributed by atoms with E-state index in [4.69, 9.17) is 0 Å². The normalized spacial score (nSPS) is 14.1. The Morgan fingerprint density at radius 3 is 1.56 bits per heavy atom. The van der Waals surface area contributed by atoms with Crippen LogP contribution in [0.1, 0.15) is 22.3 Å². The number of hydrogen-bond acceptors (Lipinski definition) is 2. The SMILES string of the molecule is c1ccc(-c2ccccc2N(c2ccccc2)c2cccc3c2-c2ccccc2C32c3ccccc3-c3cc(N(c4ccccc4)c4ccc5c6ccccc6n(-c6ccccc6)c5c4)ccc32)cc1. The van der Waals surface area contributed by atoms with E-state index in [1.165, 1.54) is 77.4 Å². The molecule has 2 aliphatic carbocycles. The third-order valence-electron chi connectivity index (χ3n) is 14.8. The highest BCUT2D eigenvalue weighted by Crippen LogP contribution is 2.65. The summed E-state index contributed by atoms with van der Waals surface area (Å²) < 4.78 is 2.41. The smallest absolute Gasteiger partial charge is 0.0726 e. The lowest BCUT2D eigenvalue weighted by atomic mass is 9.70. The zero-order valence-electron chi connectivity index (χ0n) is 38.3. The van der Waals surface area contributed by atoms with Gasteiger partial charge in [0.15, 0.2) is 0 Å². The summed E-state index contributed by atoms with van der Waals surface area (Å²) in [6.45, 7) is 0. The van der Waals surface area contributed by atoms with Crippen LogP contribution >= 0.6 is 0 Å². The van der Waals surface area contributed by atoms with Crippen molar-refractivity contribution in [3.05, 3.63) is 295 Å². The van der Waals surface area contributed by atoms with Crippen molar-refractivity contribution in [2.45, 2.75) is 5.41 Å². The number of anilines is 6. The van der Waals surface area contributed by atoms with Crippen molar-refractivity contribution in [2.75, 3.05) is 9.80 Å². The maximum absolute atomic E-state index is 2.48. The molecule has 3 nitrogen and oxygen atoms in total. The van der Waals surface area contributed by atoms with E-state index >= 15 is 0 Å². The lowest BCUT2D eigenvalue weighted by molar-refractivity contribution is 0.793. The second kappa shape index (κ2) is 16.0. The number of rotatable bonds is 8. The Bertz CT molecular complexity index is 3950. The molecule has 328 valence electrons. The molecule has 3 heteroatoms. The monoisotopic (exact) mass is 891 g/mol. The molecule has 0 fully saturated rings. The van der Waals surface area contributed by atoms with Crippen molar-refractivity contribution >= 4 is 55.9 Å². The Morgan fingerprint density at radius 1 is 0.286 bits per heavy atom. The van der Waals surface area contributed by atoms with Gasteiger partial charge in [0.25, 0.3) is 0 Å². The third-order valence-corrected chi connectivity index (χ3v) is 14.8. The second-order valence-corrected chi connectivity index (χ2v) is 18.4. The first-order valence-corrected chi connectivity index (χ1v) is 24.2. The molecule has 11 aromatic carbocycles. The van der Waals surface area contributed by atoms with Gasteiger partial charge in [-0.25, -0.2) is 0 Å². The van der Waals surface area contributed by atoms with E-state index in [1.807, 2.05) is 0 Å². The van der Waals surface area contributed by atoms with Gasteiger partial charge in [-0.2, -0.15) is 0 Å². The molecule has 0 aliphatic heterocycles. The fourth-order valence-corrected chi connectivity index (χ4v) is 12.0. The number of fused-ring (bicyclic) bond motifs is 13. The van der Waals surface area contributed by atoms with Crippen LogP contribution in [0.3, 0.4) is 0 Å². The van der Waals surface area contributed by atoms with Crippen molar-refractivity contribution < 1.29 is 0 Å². The summed E-state index contributed by atoms with van der Waals surface area (Å²) in [6, 6.07) is 100. The molecule has 1 atom stereocenters. The molecule has 0 amide bonds. The van der Waals surface area contributed by atoms with Crippen molar-refractivity contribution in [1.29, 1.82) is 0 Å². The van der Waals surface area contributed by atoms with E-state index < -0.39 is 5.41 Å². The summed E-state index contributed by atoms with van der Waals surface area (Å²) in [5.41, 5.74) is 22.2. The van der Waals surface area contributed by atoms with Gasteiger partial charge in [0.2, 0.25) is 0 Å². The largest absolute Gasteiger partial charge is 0.310 e. The van der Waals surface area contributed by atoms with Crippen LogP contribution in [0.4, 0.5) is 34.1 Å². The average molecular weight is 892 g/mol. The highest BCUT2D eigenvalue weighted by Gasteiger charge is 2.52. The molecular formula is C67H45N3. The highest BCUT2D eigenvalue weighted by molar-refractivity contribution is 6.11. The van der Waals surface area contributed by atoms with E-state index in [0.29, 0.717) is 0 Å². The van der Waals surface area contributed by atoms with Crippen LogP contribution in [0.5, 0.6) is 0 Å². The fraction of sp³-hybridized carbons (Fsp3) is 0.0149. The number of hydrogen-bond donors (Lipinski definition) is 0. The summed E-state index contributed by atoms with van der Waals surface area (Å²) >= 11 is 0. The average Bonchev–Trinajstić information content (AvgIpc) is 4.04. The molecule has 1 aromatic heterocycles. The van der Waals surface area contributed by atoms with E-state index in [-0.39, 0.29) is 0 Å². The van der Waals surface area contributed by atoms with Crippen LogP contribution in [0, 0.1) is 0 Å². The van der Waals surface area contributed by atoms with Crippen LogP contribution in [0.25, 0.3) is 60.9 Å². The fourth-order valence-electron chi connectivity index (χ4n) is 12.0. The molecule has 0 saturated heterocycles. The molecule has 2 aliphatic rings. The number of nitrogens with zero attached hydrogens (tertiary/aromatic N) is 3. The minimum Gasteiger partial charge on any atom is -0.310 e. The van der Waals surface area contributed by atoms with E-state index in [1.54, 1.807) is 0 Å². The van der Waals surface area contributed by atoms with E-state index in [9.17, 15) is 0 Å². The Hall–Kier alpha value is -9.18. The number of para-hydroxylation sites is 5. The van der Waals surface area contributed by atoms with Gasteiger partial charge in [0.05, 0.1) is 27.8 Å². The predicted molar refractivity (Wildman–Crippen MR) is 292 cm³/mol. The summed E-state index contributed by atoms with van der Waals surface area (Å²) in [7, 11) is 0. The van der Waals surface area contributed by atoms with Gasteiger partial charge in [-0.05, 0) is 123 Å². The van der Waals surface area contributed by atoms with Crippen molar-refractivity contribution in [3.8, 4) is 39.1 Å². The van der Waals surface area contributed by atoms with Gasteiger partial charge >= 0.3 is 0 Å². The van der Waals surface area contributed by atoms with Crippen LogP contribution in [-0.4, -0.2) is 4.57 Å². The molecule has 1 heterocycles. The molecule has 0 saturated carbocycles. The molecule has 1 spiro atoms. The molecule has 12 aromatic rings. The van der Waals surface area contributed by atoms with Gasteiger partial charge in [-0.3, -0.25) is 0 Å².